The first-order chi connectivity index (χ1) is 16.5. The summed E-state index contributed by atoms with van der Waals surface area (Å²) in [5, 5.41) is 3.29. The third kappa shape index (κ3) is 5.32. The average Bonchev–Trinajstić information content (AvgIpc) is 3.56. The van der Waals surface area contributed by atoms with Gasteiger partial charge in [0.25, 0.3) is 0 Å². The van der Waals surface area contributed by atoms with Crippen molar-refractivity contribution < 1.29 is 19.1 Å². The second-order valence-corrected chi connectivity index (χ2v) is 11.3. The number of aryl methyl sites for hydroxylation is 1. The maximum absolute atomic E-state index is 13.4. The van der Waals surface area contributed by atoms with E-state index in [2.05, 4.69) is 16.4 Å². The highest BCUT2D eigenvalue weighted by atomic mass is 16.5. The molecule has 0 bridgehead atoms. The summed E-state index contributed by atoms with van der Waals surface area (Å²) in [5.41, 5.74) is 7.64. The van der Waals surface area contributed by atoms with Crippen molar-refractivity contribution in [1.82, 2.24) is 10.2 Å². The zero-order valence-electron chi connectivity index (χ0n) is 21.9. The van der Waals surface area contributed by atoms with Gasteiger partial charge in [0.05, 0.1) is 18.0 Å². The van der Waals surface area contributed by atoms with Crippen LogP contribution in [0.25, 0.3) is 0 Å². The molecule has 2 amide bonds. The first kappa shape index (κ1) is 25.5. The zero-order chi connectivity index (χ0) is 25.5. The summed E-state index contributed by atoms with van der Waals surface area (Å²) >= 11 is 0. The maximum atomic E-state index is 13.4. The number of ether oxygens (including phenoxy) is 2. The SMILES string of the molecule is CC[C@]1(C)CC(=O)N([C@H](CCOC)[C@H]2C[C@@H]2C(=O)N[C@H]2CC(C)(C)Oc3ccc(C)cc32)C(N)=N1. The molecule has 2 heterocycles. The van der Waals surface area contributed by atoms with Crippen molar-refractivity contribution in [2.75, 3.05) is 13.7 Å². The standard InChI is InChI=1S/C27H40N4O4/c1-7-27(5)15-23(32)31(25(28)30-27)21(10-11-34-6)17-13-18(17)24(33)29-20-14-26(3,4)35-22-9-8-16(2)12-19(20)22/h8-9,12,17-18,20-21H,7,10-11,13-15H2,1-6H3,(H2,28,30)(H,29,33)/t17-,18-,20-,21+,27+/m0/s1. The van der Waals surface area contributed by atoms with Gasteiger partial charge in [-0.15, -0.1) is 0 Å². The molecule has 0 saturated heterocycles. The first-order valence-corrected chi connectivity index (χ1v) is 12.7. The number of nitrogens with zero attached hydrogens (tertiary/aromatic N) is 2. The van der Waals surface area contributed by atoms with Gasteiger partial charge in [-0.1, -0.05) is 24.6 Å². The molecule has 0 aromatic heterocycles. The number of aliphatic imine (C=N–C) groups is 1. The van der Waals surface area contributed by atoms with Gasteiger partial charge in [-0.05, 0) is 58.9 Å². The number of methoxy groups -OCH3 is 1. The van der Waals surface area contributed by atoms with Gasteiger partial charge in [0.2, 0.25) is 11.8 Å². The Bertz CT molecular complexity index is 1020. The molecule has 1 aromatic carbocycles. The summed E-state index contributed by atoms with van der Waals surface area (Å²) in [6.45, 7) is 10.6. The van der Waals surface area contributed by atoms with Gasteiger partial charge in [-0.25, -0.2) is 4.99 Å². The van der Waals surface area contributed by atoms with Gasteiger partial charge in [0, 0.05) is 37.7 Å². The third-order valence-electron chi connectivity index (χ3n) is 7.75. The highest BCUT2D eigenvalue weighted by Gasteiger charge is 2.52. The Labute approximate surface area is 208 Å². The fraction of sp³-hybridized carbons (Fsp3) is 0.667. The Morgan fingerprint density at radius 1 is 1.37 bits per heavy atom. The molecule has 1 aromatic rings. The maximum Gasteiger partial charge on any atom is 0.231 e. The van der Waals surface area contributed by atoms with E-state index >= 15 is 0 Å². The Kier molecular flexibility index (Phi) is 6.88. The van der Waals surface area contributed by atoms with Gasteiger partial charge in [0.1, 0.15) is 11.4 Å². The lowest BCUT2D eigenvalue weighted by molar-refractivity contribution is -0.132. The molecule has 192 valence electrons. The normalized spacial score (nSPS) is 30.1. The Morgan fingerprint density at radius 3 is 2.77 bits per heavy atom. The van der Waals surface area contributed by atoms with Gasteiger partial charge < -0.3 is 20.5 Å². The van der Waals surface area contributed by atoms with Crippen molar-refractivity contribution in [3.05, 3.63) is 29.3 Å². The van der Waals surface area contributed by atoms with E-state index in [1.165, 1.54) is 0 Å². The lowest BCUT2D eigenvalue weighted by Gasteiger charge is -2.39. The second kappa shape index (κ2) is 9.45. The number of amides is 2. The quantitative estimate of drug-likeness (QED) is 0.588. The number of nitrogens with two attached hydrogens (primary N) is 1. The number of carbonyl (C=O) groups excluding carboxylic acids is 2. The average molecular weight is 485 g/mol. The number of hydrogen-bond donors (Lipinski definition) is 2. The molecule has 1 aliphatic carbocycles. The van der Waals surface area contributed by atoms with Crippen LogP contribution in [0.2, 0.25) is 0 Å². The van der Waals surface area contributed by atoms with E-state index in [1.807, 2.05) is 46.8 Å². The number of nitrogens with one attached hydrogen (secondary N) is 1. The van der Waals surface area contributed by atoms with E-state index in [-0.39, 0.29) is 47.3 Å². The van der Waals surface area contributed by atoms with Gasteiger partial charge >= 0.3 is 0 Å². The molecule has 0 radical (unpaired) electrons. The molecule has 35 heavy (non-hydrogen) atoms. The molecule has 1 saturated carbocycles. The Morgan fingerprint density at radius 2 is 2.11 bits per heavy atom. The number of hydrogen-bond acceptors (Lipinski definition) is 6. The van der Waals surface area contributed by atoms with Gasteiger partial charge in [-0.2, -0.15) is 0 Å². The molecule has 3 N–H and O–H groups in total. The van der Waals surface area contributed by atoms with E-state index in [9.17, 15) is 9.59 Å². The van der Waals surface area contributed by atoms with Crippen LogP contribution in [0.15, 0.2) is 23.2 Å². The minimum Gasteiger partial charge on any atom is -0.487 e. The molecular formula is C27H40N4O4. The lowest BCUT2D eigenvalue weighted by atomic mass is 9.88. The highest BCUT2D eigenvalue weighted by Crippen LogP contribution is 2.47. The van der Waals surface area contributed by atoms with Crippen LogP contribution in [0.5, 0.6) is 5.75 Å². The Hall–Kier alpha value is -2.61. The van der Waals surface area contributed by atoms with Crippen LogP contribution >= 0.6 is 0 Å². The molecule has 2 aliphatic heterocycles. The predicted octanol–water partition coefficient (Wildman–Crippen LogP) is 3.47. The number of carbonyl (C=O) groups is 2. The fourth-order valence-electron chi connectivity index (χ4n) is 5.56. The van der Waals surface area contributed by atoms with Crippen LogP contribution in [-0.4, -0.2) is 53.6 Å². The molecule has 1 fully saturated rings. The fourth-order valence-corrected chi connectivity index (χ4v) is 5.56. The Balaban J connectivity index is 1.51. The molecule has 5 atom stereocenters. The van der Waals surface area contributed by atoms with Crippen molar-refractivity contribution in [3.8, 4) is 5.75 Å². The topological polar surface area (TPSA) is 106 Å². The van der Waals surface area contributed by atoms with Crippen LogP contribution < -0.4 is 15.8 Å². The summed E-state index contributed by atoms with van der Waals surface area (Å²) in [5.74, 6) is 0.933. The lowest BCUT2D eigenvalue weighted by Crippen LogP contribution is -2.56. The molecule has 0 unspecified atom stereocenters. The molecule has 3 aliphatic rings. The van der Waals surface area contributed by atoms with Crippen LogP contribution in [0.3, 0.4) is 0 Å². The smallest absolute Gasteiger partial charge is 0.231 e. The van der Waals surface area contributed by atoms with Crippen LogP contribution in [0.1, 0.15) is 77.0 Å². The summed E-state index contributed by atoms with van der Waals surface area (Å²) in [7, 11) is 1.64. The van der Waals surface area contributed by atoms with Crippen molar-refractivity contribution in [1.29, 1.82) is 0 Å². The molecule has 0 spiro atoms. The number of rotatable bonds is 8. The van der Waals surface area contributed by atoms with E-state index in [1.54, 1.807) is 12.0 Å². The highest BCUT2D eigenvalue weighted by molar-refractivity contribution is 5.99. The minimum absolute atomic E-state index is 0.0194. The van der Waals surface area contributed by atoms with Crippen LogP contribution in [0, 0.1) is 18.8 Å². The largest absolute Gasteiger partial charge is 0.487 e. The number of guanidine groups is 1. The van der Waals surface area contributed by atoms with E-state index in [0.717, 1.165) is 29.7 Å². The van der Waals surface area contributed by atoms with Crippen molar-refractivity contribution in [3.63, 3.8) is 0 Å². The molecule has 8 heteroatoms. The number of benzene rings is 1. The van der Waals surface area contributed by atoms with Crippen molar-refractivity contribution in [2.45, 2.75) is 89.9 Å². The van der Waals surface area contributed by atoms with Gasteiger partial charge in [-0.3, -0.25) is 14.5 Å². The van der Waals surface area contributed by atoms with E-state index < -0.39 is 5.54 Å². The van der Waals surface area contributed by atoms with Crippen molar-refractivity contribution in [2.24, 2.45) is 22.6 Å². The second-order valence-electron chi connectivity index (χ2n) is 11.3. The zero-order valence-corrected chi connectivity index (χ0v) is 21.9. The molecular weight excluding hydrogens is 444 g/mol. The van der Waals surface area contributed by atoms with Crippen LogP contribution in [-0.2, 0) is 14.3 Å². The summed E-state index contributed by atoms with van der Waals surface area (Å²) in [6.07, 6.45) is 3.09. The first-order valence-electron chi connectivity index (χ1n) is 12.7. The summed E-state index contributed by atoms with van der Waals surface area (Å²) in [6, 6.07) is 5.79. The van der Waals surface area contributed by atoms with Crippen LogP contribution in [0.4, 0.5) is 0 Å². The monoisotopic (exact) mass is 484 g/mol. The van der Waals surface area contributed by atoms with Crippen molar-refractivity contribution >= 4 is 17.8 Å². The third-order valence-corrected chi connectivity index (χ3v) is 7.75. The van der Waals surface area contributed by atoms with Gasteiger partial charge in [0.15, 0.2) is 5.96 Å². The summed E-state index contributed by atoms with van der Waals surface area (Å²) < 4.78 is 11.5. The minimum atomic E-state index is -0.467. The molecule has 4 rings (SSSR count). The molecule has 8 nitrogen and oxygen atoms in total. The van der Waals surface area contributed by atoms with E-state index in [4.69, 9.17) is 15.2 Å². The summed E-state index contributed by atoms with van der Waals surface area (Å²) in [4.78, 5) is 32.9. The predicted molar refractivity (Wildman–Crippen MR) is 135 cm³/mol. The van der Waals surface area contributed by atoms with E-state index in [0.29, 0.717) is 25.9 Å². The number of fused-ring (bicyclic) bond motifs is 1.